The zero-order valence-electron chi connectivity index (χ0n) is 12.9. The van der Waals surface area contributed by atoms with Crippen molar-refractivity contribution in [3.63, 3.8) is 0 Å². The SMILES string of the molecule is CC(C)CCCC(C)NC(=O)CCn1cc([N+](=O)[O-])cn1. The number of hydrogen-bond acceptors (Lipinski definition) is 4. The zero-order valence-corrected chi connectivity index (χ0v) is 12.9. The van der Waals surface area contributed by atoms with Gasteiger partial charge in [-0.3, -0.25) is 19.6 Å². The Kier molecular flexibility index (Phi) is 6.84. The number of nitrogens with zero attached hydrogens (tertiary/aromatic N) is 3. The molecule has 7 nitrogen and oxygen atoms in total. The molecule has 0 aliphatic carbocycles. The summed E-state index contributed by atoms with van der Waals surface area (Å²) in [6.07, 6.45) is 6.03. The van der Waals surface area contributed by atoms with E-state index in [0.29, 0.717) is 12.5 Å². The van der Waals surface area contributed by atoms with Crippen molar-refractivity contribution < 1.29 is 9.72 Å². The summed E-state index contributed by atoms with van der Waals surface area (Å²) in [4.78, 5) is 21.8. The van der Waals surface area contributed by atoms with Crippen LogP contribution in [0.15, 0.2) is 12.4 Å². The van der Waals surface area contributed by atoms with Crippen LogP contribution in [-0.4, -0.2) is 26.7 Å². The second kappa shape index (κ2) is 8.39. The number of rotatable bonds is 9. The van der Waals surface area contributed by atoms with Gasteiger partial charge in [-0.25, -0.2) is 0 Å². The molecule has 1 N–H and O–H groups in total. The van der Waals surface area contributed by atoms with Crippen molar-refractivity contribution in [2.24, 2.45) is 5.92 Å². The highest BCUT2D eigenvalue weighted by atomic mass is 16.6. The minimum atomic E-state index is -0.500. The first kappa shape index (κ1) is 17.1. The number of aryl methyl sites for hydroxylation is 1. The van der Waals surface area contributed by atoms with Crippen LogP contribution in [0.3, 0.4) is 0 Å². The first-order chi connectivity index (χ1) is 9.88. The largest absolute Gasteiger partial charge is 0.354 e. The van der Waals surface area contributed by atoms with Gasteiger partial charge in [0.1, 0.15) is 12.4 Å². The zero-order chi connectivity index (χ0) is 15.8. The number of carbonyl (C=O) groups excluding carboxylic acids is 1. The molecule has 1 atom stereocenters. The van der Waals surface area contributed by atoms with Gasteiger partial charge in [-0.15, -0.1) is 0 Å². The maximum Gasteiger partial charge on any atom is 0.306 e. The van der Waals surface area contributed by atoms with E-state index in [2.05, 4.69) is 24.3 Å². The fraction of sp³-hybridized carbons (Fsp3) is 0.714. The van der Waals surface area contributed by atoms with Crippen molar-refractivity contribution >= 4 is 11.6 Å². The normalized spacial score (nSPS) is 12.4. The van der Waals surface area contributed by atoms with E-state index < -0.39 is 4.92 Å². The van der Waals surface area contributed by atoms with Crippen LogP contribution in [0.2, 0.25) is 0 Å². The molecule has 0 aliphatic rings. The van der Waals surface area contributed by atoms with Crippen LogP contribution in [-0.2, 0) is 11.3 Å². The summed E-state index contributed by atoms with van der Waals surface area (Å²) in [6, 6.07) is 0.156. The van der Waals surface area contributed by atoms with Crippen LogP contribution < -0.4 is 5.32 Å². The summed E-state index contributed by atoms with van der Waals surface area (Å²) in [7, 11) is 0. The monoisotopic (exact) mass is 296 g/mol. The molecule has 0 spiro atoms. The Hall–Kier alpha value is -1.92. The third-order valence-corrected chi connectivity index (χ3v) is 3.22. The summed E-state index contributed by atoms with van der Waals surface area (Å²) >= 11 is 0. The topological polar surface area (TPSA) is 90.1 Å². The summed E-state index contributed by atoms with van der Waals surface area (Å²) in [5.41, 5.74) is -0.0579. The average Bonchev–Trinajstić information content (AvgIpc) is 2.84. The third-order valence-electron chi connectivity index (χ3n) is 3.22. The molecule has 0 bridgehead atoms. The van der Waals surface area contributed by atoms with Crippen molar-refractivity contribution in [3.8, 4) is 0 Å². The van der Waals surface area contributed by atoms with Gasteiger partial charge in [0, 0.05) is 19.0 Å². The van der Waals surface area contributed by atoms with Gasteiger partial charge in [0.25, 0.3) is 0 Å². The lowest BCUT2D eigenvalue weighted by Crippen LogP contribution is -2.33. The van der Waals surface area contributed by atoms with E-state index in [9.17, 15) is 14.9 Å². The van der Waals surface area contributed by atoms with Crippen molar-refractivity contribution in [1.82, 2.24) is 15.1 Å². The van der Waals surface area contributed by atoms with Gasteiger partial charge in [-0.1, -0.05) is 26.7 Å². The van der Waals surface area contributed by atoms with E-state index >= 15 is 0 Å². The number of amides is 1. The van der Waals surface area contributed by atoms with Gasteiger partial charge in [0.05, 0.1) is 4.92 Å². The number of carbonyl (C=O) groups is 1. The second-order valence-electron chi connectivity index (χ2n) is 5.76. The molecule has 0 aromatic carbocycles. The lowest BCUT2D eigenvalue weighted by Gasteiger charge is -2.14. The predicted octanol–water partition coefficient (Wildman–Crippen LogP) is 2.51. The fourth-order valence-electron chi connectivity index (χ4n) is 2.04. The van der Waals surface area contributed by atoms with Gasteiger partial charge in [-0.2, -0.15) is 5.10 Å². The van der Waals surface area contributed by atoms with Crippen LogP contribution in [0, 0.1) is 16.0 Å². The highest BCUT2D eigenvalue weighted by Gasteiger charge is 2.11. The Labute approximate surface area is 124 Å². The number of hydrogen-bond donors (Lipinski definition) is 1. The summed E-state index contributed by atoms with van der Waals surface area (Å²) in [6.45, 7) is 6.72. The molecule has 1 unspecified atom stereocenters. The quantitative estimate of drug-likeness (QED) is 0.560. The molecule has 0 saturated heterocycles. The van der Waals surface area contributed by atoms with Crippen molar-refractivity contribution in [2.75, 3.05) is 0 Å². The van der Waals surface area contributed by atoms with E-state index in [-0.39, 0.29) is 24.1 Å². The lowest BCUT2D eigenvalue weighted by atomic mass is 10.0. The molecule has 1 amide bonds. The molecule has 21 heavy (non-hydrogen) atoms. The molecule has 118 valence electrons. The van der Waals surface area contributed by atoms with E-state index in [0.717, 1.165) is 19.3 Å². The summed E-state index contributed by atoms with van der Waals surface area (Å²) in [5, 5.41) is 17.3. The van der Waals surface area contributed by atoms with Crippen LogP contribution in [0.1, 0.15) is 46.5 Å². The molecule has 0 fully saturated rings. The van der Waals surface area contributed by atoms with Crippen LogP contribution in [0.5, 0.6) is 0 Å². The minimum Gasteiger partial charge on any atom is -0.354 e. The van der Waals surface area contributed by atoms with E-state index in [1.807, 2.05) is 6.92 Å². The van der Waals surface area contributed by atoms with E-state index in [1.54, 1.807) is 0 Å². The maximum atomic E-state index is 11.8. The van der Waals surface area contributed by atoms with Crippen molar-refractivity contribution in [3.05, 3.63) is 22.5 Å². The molecular formula is C14H24N4O3. The molecular weight excluding hydrogens is 272 g/mol. The maximum absolute atomic E-state index is 11.8. The predicted molar refractivity (Wildman–Crippen MR) is 79.8 cm³/mol. The van der Waals surface area contributed by atoms with Gasteiger partial charge < -0.3 is 5.32 Å². The number of nitrogens with one attached hydrogen (secondary N) is 1. The minimum absolute atomic E-state index is 0.0507. The van der Waals surface area contributed by atoms with Crippen molar-refractivity contribution in [2.45, 2.75) is 59.0 Å². The highest BCUT2D eigenvalue weighted by Crippen LogP contribution is 2.09. The number of nitro groups is 1. The lowest BCUT2D eigenvalue weighted by molar-refractivity contribution is -0.385. The highest BCUT2D eigenvalue weighted by molar-refractivity contribution is 5.76. The van der Waals surface area contributed by atoms with Gasteiger partial charge in [0.2, 0.25) is 5.91 Å². The average molecular weight is 296 g/mol. The van der Waals surface area contributed by atoms with E-state index in [1.165, 1.54) is 17.1 Å². The van der Waals surface area contributed by atoms with Gasteiger partial charge in [0.15, 0.2) is 0 Å². The Morgan fingerprint density at radius 1 is 1.43 bits per heavy atom. The van der Waals surface area contributed by atoms with Crippen LogP contribution in [0.4, 0.5) is 5.69 Å². The molecule has 1 heterocycles. The van der Waals surface area contributed by atoms with E-state index in [4.69, 9.17) is 0 Å². The molecule has 0 radical (unpaired) electrons. The van der Waals surface area contributed by atoms with Crippen LogP contribution >= 0.6 is 0 Å². The molecule has 1 aromatic heterocycles. The second-order valence-corrected chi connectivity index (χ2v) is 5.76. The Morgan fingerprint density at radius 2 is 2.14 bits per heavy atom. The van der Waals surface area contributed by atoms with Gasteiger partial charge >= 0.3 is 5.69 Å². The molecule has 1 aromatic rings. The van der Waals surface area contributed by atoms with Gasteiger partial charge in [-0.05, 0) is 19.3 Å². The van der Waals surface area contributed by atoms with Crippen LogP contribution in [0.25, 0.3) is 0 Å². The summed E-state index contributed by atoms with van der Waals surface area (Å²) < 4.78 is 1.42. The van der Waals surface area contributed by atoms with Crippen molar-refractivity contribution in [1.29, 1.82) is 0 Å². The molecule has 0 aliphatic heterocycles. The third kappa shape index (κ3) is 6.87. The first-order valence-electron chi connectivity index (χ1n) is 7.34. The number of aromatic nitrogens is 2. The Morgan fingerprint density at radius 3 is 2.71 bits per heavy atom. The standard InChI is InChI=1S/C14H24N4O3/c1-11(2)5-4-6-12(3)16-14(19)7-8-17-10-13(9-15-17)18(20)21/h9-12H,4-8H2,1-3H3,(H,16,19). The fourth-order valence-corrected chi connectivity index (χ4v) is 2.04. The first-order valence-corrected chi connectivity index (χ1v) is 7.34. The Balaban J connectivity index is 2.25. The molecule has 7 heteroatoms. The molecule has 1 rings (SSSR count). The summed E-state index contributed by atoms with van der Waals surface area (Å²) in [5.74, 6) is 0.633. The molecule has 0 saturated carbocycles. The smallest absolute Gasteiger partial charge is 0.306 e. The Bertz CT molecular complexity index is 471.